The number of carbonyl (C=O) groups is 2. The maximum absolute atomic E-state index is 14.3. The second-order valence-electron chi connectivity index (χ2n) is 8.95. The van der Waals surface area contributed by atoms with E-state index in [2.05, 4.69) is 5.32 Å². The Morgan fingerprint density at radius 1 is 1.21 bits per heavy atom. The molecular formula is C25H33N3O6. The second-order valence-corrected chi connectivity index (χ2v) is 8.95. The smallest absolute Gasteiger partial charge is 0.271 e. The highest BCUT2D eigenvalue weighted by Gasteiger charge is 2.60. The van der Waals surface area contributed by atoms with E-state index in [1.807, 2.05) is 44.2 Å². The monoisotopic (exact) mass is 471 g/mol. The van der Waals surface area contributed by atoms with E-state index >= 15 is 0 Å². The molecule has 9 heteroatoms. The van der Waals surface area contributed by atoms with Gasteiger partial charge < -0.3 is 24.3 Å². The van der Waals surface area contributed by atoms with Gasteiger partial charge in [0.2, 0.25) is 17.4 Å². The number of hydrogen-bond donors (Lipinski definition) is 1. The molecule has 184 valence electrons. The van der Waals surface area contributed by atoms with Gasteiger partial charge in [0.25, 0.3) is 5.91 Å². The molecule has 3 heterocycles. The molecule has 0 aromatic heterocycles. The number of ether oxygens (including phenoxy) is 4. The molecule has 1 fully saturated rings. The van der Waals surface area contributed by atoms with E-state index < -0.39 is 23.8 Å². The van der Waals surface area contributed by atoms with Gasteiger partial charge in [-0.2, -0.15) is 4.99 Å². The molecule has 0 bridgehead atoms. The summed E-state index contributed by atoms with van der Waals surface area (Å²) in [4.78, 5) is 34.0. The van der Waals surface area contributed by atoms with Gasteiger partial charge in [-0.1, -0.05) is 44.2 Å². The van der Waals surface area contributed by atoms with Crippen LogP contribution >= 0.6 is 0 Å². The summed E-state index contributed by atoms with van der Waals surface area (Å²) >= 11 is 0. The van der Waals surface area contributed by atoms with Crippen LogP contribution in [0.4, 0.5) is 0 Å². The first-order valence-electron chi connectivity index (χ1n) is 11.7. The molecule has 2 amide bonds. The number of fused-ring (bicyclic) bond motifs is 1. The summed E-state index contributed by atoms with van der Waals surface area (Å²) in [6, 6.07) is 8.83. The second kappa shape index (κ2) is 9.85. The molecule has 1 saturated heterocycles. The molecule has 0 saturated carbocycles. The van der Waals surface area contributed by atoms with Gasteiger partial charge in [0.15, 0.2) is 12.1 Å². The van der Waals surface area contributed by atoms with Crippen LogP contribution in [0.2, 0.25) is 0 Å². The summed E-state index contributed by atoms with van der Waals surface area (Å²) in [6.45, 7) is 4.02. The summed E-state index contributed by atoms with van der Waals surface area (Å²) in [5, 5.41) is 3.03. The Labute approximate surface area is 200 Å². The number of rotatable bonds is 6. The highest BCUT2D eigenvalue weighted by molar-refractivity contribution is 6.13. The standard InChI is InChI=1S/C25H33N3O6/c1-6-15(2)20-21-27-23(33-5)25(14-17(31-3)13-19(32-4)34-25)24(30)28(21)18(22(29)26-20)12-16-10-8-7-9-11-16/h7-11,15,17-19H,6,12-14H2,1-5H3,(H,26,29)/t15-,17-,18+,19-,25+/m0/s1. The molecule has 9 nitrogen and oxygen atoms in total. The molecule has 4 rings (SSSR count). The van der Waals surface area contributed by atoms with Gasteiger partial charge >= 0.3 is 0 Å². The third-order valence-corrected chi connectivity index (χ3v) is 6.93. The number of allylic oxidation sites excluding steroid dienone is 1. The Bertz CT molecular complexity index is 980. The molecule has 0 radical (unpaired) electrons. The average molecular weight is 472 g/mol. The third-order valence-electron chi connectivity index (χ3n) is 6.93. The Hall–Kier alpha value is -2.75. The lowest BCUT2D eigenvalue weighted by molar-refractivity contribution is -0.234. The minimum Gasteiger partial charge on any atom is -0.482 e. The summed E-state index contributed by atoms with van der Waals surface area (Å²) < 4.78 is 23.0. The van der Waals surface area contributed by atoms with Crippen molar-refractivity contribution in [2.45, 2.75) is 63.6 Å². The van der Waals surface area contributed by atoms with E-state index in [9.17, 15) is 9.59 Å². The van der Waals surface area contributed by atoms with Gasteiger partial charge in [0, 0.05) is 33.5 Å². The third kappa shape index (κ3) is 4.12. The van der Waals surface area contributed by atoms with E-state index in [0.717, 1.165) is 12.0 Å². The van der Waals surface area contributed by atoms with Crippen molar-refractivity contribution in [3.8, 4) is 0 Å². The van der Waals surface area contributed by atoms with E-state index in [0.29, 0.717) is 24.4 Å². The molecule has 3 aliphatic heterocycles. The van der Waals surface area contributed by atoms with Crippen molar-refractivity contribution < 1.29 is 28.5 Å². The van der Waals surface area contributed by atoms with Gasteiger partial charge in [-0.05, 0) is 17.9 Å². The number of hydrogen-bond acceptors (Lipinski definition) is 7. The fourth-order valence-corrected chi connectivity index (χ4v) is 4.81. The van der Waals surface area contributed by atoms with Crippen LogP contribution in [0.1, 0.15) is 38.7 Å². The van der Waals surface area contributed by atoms with Crippen LogP contribution in [-0.4, -0.2) is 68.0 Å². The topological polar surface area (TPSA) is 98.7 Å². The van der Waals surface area contributed by atoms with Crippen LogP contribution in [0.15, 0.2) is 46.8 Å². The molecule has 1 aromatic carbocycles. The summed E-state index contributed by atoms with van der Waals surface area (Å²) in [5.41, 5.74) is -0.00580. The largest absolute Gasteiger partial charge is 0.482 e. The summed E-state index contributed by atoms with van der Waals surface area (Å²) in [6.07, 6.45) is 0.777. The van der Waals surface area contributed by atoms with Gasteiger partial charge in [-0.25, -0.2) is 0 Å². The molecule has 0 unspecified atom stereocenters. The van der Waals surface area contributed by atoms with Crippen LogP contribution in [0.3, 0.4) is 0 Å². The number of nitrogens with zero attached hydrogens (tertiary/aromatic N) is 2. The van der Waals surface area contributed by atoms with Gasteiger partial charge in [-0.15, -0.1) is 0 Å². The summed E-state index contributed by atoms with van der Waals surface area (Å²) in [7, 11) is 4.58. The lowest BCUT2D eigenvalue weighted by Gasteiger charge is -2.49. The van der Waals surface area contributed by atoms with Crippen molar-refractivity contribution >= 4 is 17.7 Å². The molecule has 0 aliphatic carbocycles. The van der Waals surface area contributed by atoms with Crippen LogP contribution in [0.5, 0.6) is 0 Å². The Balaban J connectivity index is 1.87. The van der Waals surface area contributed by atoms with Crippen molar-refractivity contribution in [1.82, 2.24) is 10.2 Å². The molecule has 1 aromatic rings. The van der Waals surface area contributed by atoms with E-state index in [1.165, 1.54) is 19.1 Å². The van der Waals surface area contributed by atoms with Gasteiger partial charge in [0.05, 0.1) is 18.9 Å². The number of aliphatic imine (C=N–C) groups is 1. The van der Waals surface area contributed by atoms with Crippen molar-refractivity contribution in [1.29, 1.82) is 0 Å². The molecule has 1 N–H and O–H groups in total. The highest BCUT2D eigenvalue weighted by Crippen LogP contribution is 2.41. The predicted molar refractivity (Wildman–Crippen MR) is 124 cm³/mol. The zero-order valence-electron chi connectivity index (χ0n) is 20.4. The fourth-order valence-electron chi connectivity index (χ4n) is 4.81. The van der Waals surface area contributed by atoms with Gasteiger partial charge in [-0.3, -0.25) is 14.5 Å². The lowest BCUT2D eigenvalue weighted by atomic mass is 9.86. The number of carbonyl (C=O) groups excluding carboxylic acids is 2. The van der Waals surface area contributed by atoms with Crippen molar-refractivity contribution in [3.63, 3.8) is 0 Å². The highest BCUT2D eigenvalue weighted by atomic mass is 16.7. The first-order valence-corrected chi connectivity index (χ1v) is 11.7. The maximum atomic E-state index is 14.3. The van der Waals surface area contributed by atoms with Crippen LogP contribution in [-0.2, 0) is 35.0 Å². The average Bonchev–Trinajstić information content (AvgIpc) is 2.87. The minimum atomic E-state index is -1.55. The van der Waals surface area contributed by atoms with Crippen molar-refractivity contribution in [3.05, 3.63) is 47.4 Å². The van der Waals surface area contributed by atoms with E-state index in [1.54, 1.807) is 7.11 Å². The van der Waals surface area contributed by atoms with Crippen LogP contribution in [0, 0.1) is 5.92 Å². The molecule has 34 heavy (non-hydrogen) atoms. The number of methoxy groups -OCH3 is 3. The number of benzene rings is 1. The Kier molecular flexibility index (Phi) is 7.06. The predicted octanol–water partition coefficient (Wildman–Crippen LogP) is 2.37. The number of amides is 2. The first-order chi connectivity index (χ1) is 16.4. The van der Waals surface area contributed by atoms with E-state index in [4.69, 9.17) is 23.9 Å². The maximum Gasteiger partial charge on any atom is 0.271 e. The Morgan fingerprint density at radius 2 is 1.94 bits per heavy atom. The number of nitrogens with one attached hydrogen (secondary N) is 1. The quantitative estimate of drug-likeness (QED) is 0.684. The zero-order valence-corrected chi connectivity index (χ0v) is 20.4. The fraction of sp³-hybridized carbons (Fsp3) is 0.560. The van der Waals surface area contributed by atoms with Crippen LogP contribution in [0.25, 0.3) is 0 Å². The molecular weight excluding hydrogens is 438 g/mol. The Morgan fingerprint density at radius 3 is 2.56 bits per heavy atom. The van der Waals surface area contributed by atoms with Gasteiger partial charge in [0.1, 0.15) is 6.04 Å². The minimum absolute atomic E-state index is 0.0199. The molecule has 5 atom stereocenters. The van der Waals surface area contributed by atoms with E-state index in [-0.39, 0.29) is 30.2 Å². The van der Waals surface area contributed by atoms with Crippen molar-refractivity contribution in [2.75, 3.05) is 21.3 Å². The first kappa shape index (κ1) is 24.4. The summed E-state index contributed by atoms with van der Waals surface area (Å²) in [5.74, 6) is -0.115. The molecule has 3 aliphatic rings. The van der Waals surface area contributed by atoms with Crippen molar-refractivity contribution in [2.24, 2.45) is 10.9 Å². The van der Waals surface area contributed by atoms with Crippen LogP contribution < -0.4 is 5.32 Å². The SMILES string of the molecule is CC[C@H](C)C1=C2N=C(OC)[C@]3(C[C@@H](OC)C[C@@H](OC)O3)C(=O)N2[C@H](Cc2ccccc2)C(=O)N1. The normalized spacial score (nSPS) is 30.1. The zero-order chi connectivity index (χ0) is 24.5. The lowest BCUT2D eigenvalue weighted by Crippen LogP contribution is -2.68. The molecule has 1 spiro atoms.